The molecule has 1 heterocycles. The molecule has 1 saturated heterocycles. The number of carboxylic acid groups (broad SMARTS) is 1. The van der Waals surface area contributed by atoms with E-state index in [-0.39, 0.29) is 30.9 Å². The standard InChI is InChI=1S/C7H14N2O2.2ClH/c1-2-9-4-3-8-6(5-9)7(10)11;;/h6,8H,2-5H2,1H3,(H,10,11);2*1H. The molecule has 0 aromatic carbocycles. The monoisotopic (exact) mass is 230 g/mol. The molecule has 0 aromatic rings. The molecule has 1 atom stereocenters. The van der Waals surface area contributed by atoms with Gasteiger partial charge in [-0.3, -0.25) is 4.79 Å². The number of hydrogen-bond acceptors (Lipinski definition) is 3. The molecule has 0 spiro atoms. The van der Waals surface area contributed by atoms with Gasteiger partial charge in [0.1, 0.15) is 6.04 Å². The smallest absolute Gasteiger partial charge is 0.322 e. The predicted octanol–water partition coefficient (Wildman–Crippen LogP) is 0.208. The summed E-state index contributed by atoms with van der Waals surface area (Å²) in [5.74, 6) is -0.747. The number of carbonyl (C=O) groups is 1. The normalized spacial score (nSPS) is 22.7. The van der Waals surface area contributed by atoms with Gasteiger partial charge in [-0.2, -0.15) is 0 Å². The molecule has 0 aliphatic carbocycles. The zero-order chi connectivity index (χ0) is 8.27. The molecule has 6 heteroatoms. The van der Waals surface area contributed by atoms with Gasteiger partial charge in [-0.25, -0.2) is 0 Å². The van der Waals surface area contributed by atoms with Gasteiger partial charge in [0.25, 0.3) is 0 Å². The number of halogens is 2. The molecule has 1 aliphatic rings. The summed E-state index contributed by atoms with van der Waals surface area (Å²) >= 11 is 0. The Balaban J connectivity index is 0. The zero-order valence-corrected chi connectivity index (χ0v) is 9.16. The Morgan fingerprint density at radius 3 is 2.69 bits per heavy atom. The molecule has 1 unspecified atom stereocenters. The zero-order valence-electron chi connectivity index (χ0n) is 7.52. The number of piperazine rings is 1. The largest absolute Gasteiger partial charge is 0.480 e. The van der Waals surface area contributed by atoms with Crippen LogP contribution in [0.3, 0.4) is 0 Å². The maximum Gasteiger partial charge on any atom is 0.322 e. The first kappa shape index (κ1) is 15.4. The Bertz CT molecular complexity index is 157. The van der Waals surface area contributed by atoms with Gasteiger partial charge in [-0.15, -0.1) is 24.8 Å². The van der Waals surface area contributed by atoms with E-state index in [1.54, 1.807) is 0 Å². The van der Waals surface area contributed by atoms with E-state index in [2.05, 4.69) is 10.2 Å². The Labute approximate surface area is 90.5 Å². The summed E-state index contributed by atoms with van der Waals surface area (Å²) in [5, 5.41) is 11.6. The van der Waals surface area contributed by atoms with Crippen LogP contribution in [0.15, 0.2) is 0 Å². The Morgan fingerprint density at radius 1 is 1.62 bits per heavy atom. The van der Waals surface area contributed by atoms with E-state index >= 15 is 0 Å². The van der Waals surface area contributed by atoms with E-state index in [0.717, 1.165) is 19.6 Å². The van der Waals surface area contributed by atoms with Gasteiger partial charge in [-0.05, 0) is 6.54 Å². The van der Waals surface area contributed by atoms with Gasteiger partial charge in [0.15, 0.2) is 0 Å². The lowest BCUT2D eigenvalue weighted by molar-refractivity contribution is -0.140. The summed E-state index contributed by atoms with van der Waals surface area (Å²) in [4.78, 5) is 12.7. The molecule has 13 heavy (non-hydrogen) atoms. The van der Waals surface area contributed by atoms with Crippen LogP contribution >= 0.6 is 24.8 Å². The van der Waals surface area contributed by atoms with Crippen LogP contribution in [0.2, 0.25) is 0 Å². The highest BCUT2D eigenvalue weighted by Crippen LogP contribution is 1.97. The number of hydrogen-bond donors (Lipinski definition) is 2. The number of nitrogens with one attached hydrogen (secondary N) is 1. The van der Waals surface area contributed by atoms with Crippen molar-refractivity contribution in [1.82, 2.24) is 10.2 Å². The Kier molecular flexibility index (Phi) is 8.77. The van der Waals surface area contributed by atoms with E-state index in [0.29, 0.717) is 6.54 Å². The summed E-state index contributed by atoms with van der Waals surface area (Å²) < 4.78 is 0. The number of likely N-dealkylation sites (N-methyl/N-ethyl adjacent to an activating group) is 1. The summed E-state index contributed by atoms with van der Waals surface area (Å²) in [5.41, 5.74) is 0. The van der Waals surface area contributed by atoms with Crippen LogP contribution in [0.25, 0.3) is 0 Å². The lowest BCUT2D eigenvalue weighted by atomic mass is 10.2. The van der Waals surface area contributed by atoms with E-state index in [9.17, 15) is 4.79 Å². The summed E-state index contributed by atoms with van der Waals surface area (Å²) in [6, 6.07) is -0.372. The van der Waals surface area contributed by atoms with Gasteiger partial charge in [0, 0.05) is 19.6 Å². The fourth-order valence-corrected chi connectivity index (χ4v) is 1.26. The van der Waals surface area contributed by atoms with Crippen molar-refractivity contribution in [3.05, 3.63) is 0 Å². The SMILES string of the molecule is CCN1CCNC(C(=O)O)C1.Cl.Cl. The second-order valence-electron chi connectivity index (χ2n) is 2.74. The van der Waals surface area contributed by atoms with Gasteiger partial charge < -0.3 is 15.3 Å². The van der Waals surface area contributed by atoms with Crippen LogP contribution in [-0.2, 0) is 4.79 Å². The predicted molar refractivity (Wildman–Crippen MR) is 56.0 cm³/mol. The summed E-state index contributed by atoms with van der Waals surface area (Å²) in [6.07, 6.45) is 0. The number of aliphatic carboxylic acids is 1. The van der Waals surface area contributed by atoms with Crippen molar-refractivity contribution in [3.8, 4) is 0 Å². The fraction of sp³-hybridized carbons (Fsp3) is 0.857. The maximum atomic E-state index is 10.5. The topological polar surface area (TPSA) is 52.6 Å². The van der Waals surface area contributed by atoms with Gasteiger partial charge in [-0.1, -0.05) is 6.92 Å². The van der Waals surface area contributed by atoms with Crippen LogP contribution in [-0.4, -0.2) is 48.2 Å². The first-order valence-electron chi connectivity index (χ1n) is 3.92. The number of carboxylic acids is 1. The van der Waals surface area contributed by atoms with Crippen LogP contribution in [0.1, 0.15) is 6.92 Å². The highest BCUT2D eigenvalue weighted by molar-refractivity contribution is 5.85. The molecule has 2 N–H and O–H groups in total. The molecule has 0 saturated carbocycles. The first-order chi connectivity index (χ1) is 5.24. The van der Waals surface area contributed by atoms with Crippen molar-refractivity contribution in [3.63, 3.8) is 0 Å². The second kappa shape index (κ2) is 7.38. The second-order valence-corrected chi connectivity index (χ2v) is 2.74. The number of nitrogens with zero attached hydrogens (tertiary/aromatic N) is 1. The van der Waals surface area contributed by atoms with Crippen LogP contribution in [0, 0.1) is 0 Å². The first-order valence-corrected chi connectivity index (χ1v) is 3.92. The quantitative estimate of drug-likeness (QED) is 0.713. The molecule has 0 bridgehead atoms. The summed E-state index contributed by atoms with van der Waals surface area (Å²) in [7, 11) is 0. The van der Waals surface area contributed by atoms with Crippen LogP contribution in [0.5, 0.6) is 0 Å². The van der Waals surface area contributed by atoms with Crippen molar-refractivity contribution < 1.29 is 9.90 Å². The molecule has 1 fully saturated rings. The molecule has 1 aliphatic heterocycles. The van der Waals surface area contributed by atoms with E-state index < -0.39 is 5.97 Å². The van der Waals surface area contributed by atoms with Crippen molar-refractivity contribution in [2.45, 2.75) is 13.0 Å². The van der Waals surface area contributed by atoms with E-state index in [4.69, 9.17) is 5.11 Å². The third-order valence-corrected chi connectivity index (χ3v) is 2.00. The molecule has 0 amide bonds. The Hall–Kier alpha value is -0.0300. The van der Waals surface area contributed by atoms with Gasteiger partial charge in [0.05, 0.1) is 0 Å². The molecule has 0 aromatic heterocycles. The average molecular weight is 231 g/mol. The van der Waals surface area contributed by atoms with Crippen molar-refractivity contribution in [1.29, 1.82) is 0 Å². The molecular weight excluding hydrogens is 215 g/mol. The molecule has 0 radical (unpaired) electrons. The van der Waals surface area contributed by atoms with Gasteiger partial charge in [0.2, 0.25) is 0 Å². The highest BCUT2D eigenvalue weighted by atomic mass is 35.5. The minimum absolute atomic E-state index is 0. The third-order valence-electron chi connectivity index (χ3n) is 2.00. The maximum absolute atomic E-state index is 10.5. The molecule has 1 rings (SSSR count). The highest BCUT2D eigenvalue weighted by Gasteiger charge is 2.23. The third kappa shape index (κ3) is 4.67. The van der Waals surface area contributed by atoms with E-state index in [1.165, 1.54) is 0 Å². The van der Waals surface area contributed by atoms with E-state index in [1.807, 2.05) is 6.92 Å². The number of rotatable bonds is 2. The molecular formula is C7H16Cl2N2O2. The van der Waals surface area contributed by atoms with Crippen molar-refractivity contribution in [2.75, 3.05) is 26.2 Å². The fourth-order valence-electron chi connectivity index (χ4n) is 1.26. The van der Waals surface area contributed by atoms with Crippen LogP contribution < -0.4 is 5.32 Å². The van der Waals surface area contributed by atoms with Crippen molar-refractivity contribution >= 4 is 30.8 Å². The van der Waals surface area contributed by atoms with Crippen LogP contribution in [0.4, 0.5) is 0 Å². The molecule has 4 nitrogen and oxygen atoms in total. The lowest BCUT2D eigenvalue weighted by Crippen LogP contribution is -2.53. The Morgan fingerprint density at radius 2 is 2.23 bits per heavy atom. The summed E-state index contributed by atoms with van der Waals surface area (Å²) in [6.45, 7) is 5.35. The average Bonchev–Trinajstić information content (AvgIpc) is 2.05. The molecule has 80 valence electrons. The minimum atomic E-state index is -0.747. The van der Waals surface area contributed by atoms with Crippen molar-refractivity contribution in [2.24, 2.45) is 0 Å². The lowest BCUT2D eigenvalue weighted by Gasteiger charge is -2.30. The minimum Gasteiger partial charge on any atom is -0.480 e. The van der Waals surface area contributed by atoms with Gasteiger partial charge >= 0.3 is 5.97 Å².